The molecule has 3 nitrogen and oxygen atoms in total. The van der Waals surface area contributed by atoms with Gasteiger partial charge >= 0.3 is 0 Å². The Labute approximate surface area is 135 Å². The van der Waals surface area contributed by atoms with Crippen molar-refractivity contribution in [3.05, 3.63) is 29.8 Å². The van der Waals surface area contributed by atoms with Gasteiger partial charge in [-0.25, -0.2) is 0 Å². The molecule has 0 bridgehead atoms. The van der Waals surface area contributed by atoms with Crippen LogP contribution in [0.25, 0.3) is 0 Å². The van der Waals surface area contributed by atoms with E-state index < -0.39 is 0 Å². The molecule has 1 saturated heterocycles. The summed E-state index contributed by atoms with van der Waals surface area (Å²) in [5.74, 6) is 0.778. The molecule has 2 rings (SSSR count). The van der Waals surface area contributed by atoms with Crippen molar-refractivity contribution in [2.75, 3.05) is 5.32 Å². The number of hydrogen-bond donors (Lipinski definition) is 1. The zero-order valence-corrected chi connectivity index (χ0v) is 15.0. The lowest BCUT2D eigenvalue weighted by Gasteiger charge is -2.50. The van der Waals surface area contributed by atoms with Gasteiger partial charge < -0.3 is 14.8 Å². The van der Waals surface area contributed by atoms with Crippen LogP contribution in [-0.4, -0.2) is 18.6 Å². The normalized spacial score (nSPS) is 28.1. The summed E-state index contributed by atoms with van der Waals surface area (Å²) in [4.78, 5) is 0. The van der Waals surface area contributed by atoms with Crippen molar-refractivity contribution >= 4 is 5.69 Å². The molecule has 1 N–H and O–H groups in total. The fraction of sp³-hybridized carbons (Fsp3) is 0.684. The second-order valence-electron chi connectivity index (χ2n) is 7.71. The first-order chi connectivity index (χ1) is 10.2. The Morgan fingerprint density at radius 2 is 1.64 bits per heavy atom. The fourth-order valence-corrected chi connectivity index (χ4v) is 3.24. The van der Waals surface area contributed by atoms with Gasteiger partial charge in [0.2, 0.25) is 0 Å². The first-order valence-corrected chi connectivity index (χ1v) is 8.36. The third-order valence-electron chi connectivity index (χ3n) is 4.54. The monoisotopic (exact) mass is 305 g/mol. The molecule has 1 aromatic carbocycles. The summed E-state index contributed by atoms with van der Waals surface area (Å²) < 4.78 is 12.5. The molecular formula is C19H31NO2. The van der Waals surface area contributed by atoms with E-state index in [2.05, 4.69) is 78.0 Å². The van der Waals surface area contributed by atoms with Crippen LogP contribution in [0.1, 0.15) is 47.1 Å². The Bertz CT molecular complexity index is 496. The predicted molar refractivity (Wildman–Crippen MR) is 91.8 cm³/mol. The number of para-hydroxylation sites is 1. The van der Waals surface area contributed by atoms with Gasteiger partial charge in [0, 0.05) is 17.0 Å². The van der Waals surface area contributed by atoms with Crippen molar-refractivity contribution in [2.24, 2.45) is 17.3 Å². The average Bonchev–Trinajstić information content (AvgIpc) is 2.42. The van der Waals surface area contributed by atoms with Gasteiger partial charge in [-0.05, 0) is 24.5 Å². The Hall–Kier alpha value is -1.06. The van der Waals surface area contributed by atoms with Crippen molar-refractivity contribution in [3.63, 3.8) is 0 Å². The summed E-state index contributed by atoms with van der Waals surface area (Å²) in [6.45, 7) is 15.3. The maximum Gasteiger partial charge on any atom is 0.162 e. The topological polar surface area (TPSA) is 30.5 Å². The number of hydrogen-bond acceptors (Lipinski definition) is 3. The molecule has 3 atom stereocenters. The van der Waals surface area contributed by atoms with Crippen LogP contribution >= 0.6 is 0 Å². The molecule has 0 amide bonds. The summed E-state index contributed by atoms with van der Waals surface area (Å²) in [7, 11) is 0. The van der Waals surface area contributed by atoms with E-state index in [0.29, 0.717) is 11.8 Å². The molecule has 1 heterocycles. The molecular weight excluding hydrogens is 274 g/mol. The maximum absolute atomic E-state index is 6.27. The largest absolute Gasteiger partial charge is 0.359 e. The van der Waals surface area contributed by atoms with Crippen LogP contribution in [0.15, 0.2) is 24.3 Å². The maximum atomic E-state index is 6.27. The van der Waals surface area contributed by atoms with Crippen LogP contribution < -0.4 is 5.32 Å². The summed E-state index contributed by atoms with van der Waals surface area (Å²) in [6, 6.07) is 8.35. The molecule has 0 saturated carbocycles. The standard InChI is InChI=1S/C19H31NO2/c1-12(2)16-19(6,7)18(22-17(21-16)13(3)4)20-15-11-9-8-10-14(15)5/h8-13,16-18,20H,1-7H3/t16-,17-,18-/m1/s1. The third-order valence-corrected chi connectivity index (χ3v) is 4.54. The van der Waals surface area contributed by atoms with Crippen LogP contribution in [0.5, 0.6) is 0 Å². The van der Waals surface area contributed by atoms with E-state index in [4.69, 9.17) is 9.47 Å². The first-order valence-electron chi connectivity index (χ1n) is 8.36. The van der Waals surface area contributed by atoms with Crippen LogP contribution in [0, 0.1) is 24.2 Å². The van der Waals surface area contributed by atoms with Gasteiger partial charge in [-0.2, -0.15) is 0 Å². The summed E-state index contributed by atoms with van der Waals surface area (Å²) in [5, 5.41) is 3.61. The zero-order chi connectivity index (χ0) is 16.5. The Kier molecular flexibility index (Phi) is 5.18. The van der Waals surface area contributed by atoms with E-state index in [1.54, 1.807) is 0 Å². The lowest BCUT2D eigenvalue weighted by molar-refractivity contribution is -0.308. The highest BCUT2D eigenvalue weighted by Crippen LogP contribution is 2.41. The summed E-state index contributed by atoms with van der Waals surface area (Å²) in [6.07, 6.45) is -0.0701. The molecule has 1 aliphatic heterocycles. The second-order valence-corrected chi connectivity index (χ2v) is 7.71. The summed E-state index contributed by atoms with van der Waals surface area (Å²) >= 11 is 0. The number of aryl methyl sites for hydroxylation is 1. The third kappa shape index (κ3) is 3.47. The molecule has 1 aliphatic rings. The minimum atomic E-state index is -0.165. The van der Waals surface area contributed by atoms with E-state index in [1.807, 2.05) is 0 Å². The molecule has 22 heavy (non-hydrogen) atoms. The van der Waals surface area contributed by atoms with E-state index in [9.17, 15) is 0 Å². The SMILES string of the molecule is Cc1ccccc1N[C@@H]1O[C@H](C(C)C)O[C@H](C(C)C)C1(C)C. The molecule has 0 aromatic heterocycles. The lowest BCUT2D eigenvalue weighted by Crippen LogP contribution is -2.57. The smallest absolute Gasteiger partial charge is 0.162 e. The molecule has 1 fully saturated rings. The van der Waals surface area contributed by atoms with Crippen LogP contribution in [0.2, 0.25) is 0 Å². The van der Waals surface area contributed by atoms with Gasteiger partial charge in [0.1, 0.15) is 6.23 Å². The molecule has 0 radical (unpaired) electrons. The number of rotatable bonds is 4. The minimum Gasteiger partial charge on any atom is -0.359 e. The van der Waals surface area contributed by atoms with E-state index in [0.717, 1.165) is 5.69 Å². The first kappa shape index (κ1) is 17.3. The molecule has 0 unspecified atom stereocenters. The highest BCUT2D eigenvalue weighted by molar-refractivity contribution is 5.51. The van der Waals surface area contributed by atoms with Crippen LogP contribution in [-0.2, 0) is 9.47 Å². The Morgan fingerprint density at radius 3 is 2.18 bits per heavy atom. The highest BCUT2D eigenvalue weighted by atomic mass is 16.7. The number of nitrogens with one attached hydrogen (secondary N) is 1. The second kappa shape index (κ2) is 6.59. The highest BCUT2D eigenvalue weighted by Gasteiger charge is 2.47. The van der Waals surface area contributed by atoms with E-state index in [1.165, 1.54) is 5.56 Å². The van der Waals surface area contributed by atoms with Crippen molar-refractivity contribution < 1.29 is 9.47 Å². The van der Waals surface area contributed by atoms with Gasteiger partial charge in [0.25, 0.3) is 0 Å². The van der Waals surface area contributed by atoms with E-state index >= 15 is 0 Å². The predicted octanol–water partition coefficient (Wildman–Crippen LogP) is 4.81. The van der Waals surface area contributed by atoms with Crippen molar-refractivity contribution in [1.29, 1.82) is 0 Å². The molecule has 0 spiro atoms. The molecule has 124 valence electrons. The zero-order valence-electron chi connectivity index (χ0n) is 15.0. The van der Waals surface area contributed by atoms with Gasteiger partial charge in [-0.3, -0.25) is 0 Å². The number of benzene rings is 1. The minimum absolute atomic E-state index is 0.0675. The van der Waals surface area contributed by atoms with Crippen molar-refractivity contribution in [3.8, 4) is 0 Å². The average molecular weight is 305 g/mol. The van der Waals surface area contributed by atoms with Crippen molar-refractivity contribution in [1.82, 2.24) is 0 Å². The van der Waals surface area contributed by atoms with Gasteiger partial charge in [0.05, 0.1) is 6.10 Å². The molecule has 1 aromatic rings. The van der Waals surface area contributed by atoms with Gasteiger partial charge in [0.15, 0.2) is 6.29 Å². The van der Waals surface area contributed by atoms with Gasteiger partial charge in [-0.15, -0.1) is 0 Å². The van der Waals surface area contributed by atoms with Gasteiger partial charge in [-0.1, -0.05) is 59.7 Å². The lowest BCUT2D eigenvalue weighted by atomic mass is 9.77. The van der Waals surface area contributed by atoms with Crippen molar-refractivity contribution in [2.45, 2.75) is 67.1 Å². The van der Waals surface area contributed by atoms with E-state index in [-0.39, 0.29) is 24.0 Å². The van der Waals surface area contributed by atoms with Crippen LogP contribution in [0.3, 0.4) is 0 Å². The summed E-state index contributed by atoms with van der Waals surface area (Å²) in [5.41, 5.74) is 2.25. The Morgan fingerprint density at radius 1 is 1.00 bits per heavy atom. The van der Waals surface area contributed by atoms with Crippen LogP contribution in [0.4, 0.5) is 5.69 Å². The molecule has 0 aliphatic carbocycles. The number of ether oxygens (including phenoxy) is 2. The molecule has 3 heteroatoms. The quantitative estimate of drug-likeness (QED) is 0.865. The fourth-order valence-electron chi connectivity index (χ4n) is 3.24. The Balaban J connectivity index is 2.28. The number of anilines is 1.